The fourth-order valence-corrected chi connectivity index (χ4v) is 1.82. The number of hydrogen-bond acceptors (Lipinski definition) is 5. The van der Waals surface area contributed by atoms with E-state index in [1.54, 1.807) is 0 Å². The first-order valence-electron chi connectivity index (χ1n) is 6.91. The van der Waals surface area contributed by atoms with E-state index < -0.39 is 0 Å². The van der Waals surface area contributed by atoms with Gasteiger partial charge in [0.25, 0.3) is 0 Å². The highest BCUT2D eigenvalue weighted by Gasteiger charge is 2.05. The van der Waals surface area contributed by atoms with Crippen LogP contribution < -0.4 is 10.1 Å². The smallest absolute Gasteiger partial charge is 0.226 e. The Kier molecular flexibility index (Phi) is 5.12. The summed E-state index contributed by atoms with van der Waals surface area (Å²) in [6.45, 7) is 4.46. The van der Waals surface area contributed by atoms with Gasteiger partial charge < -0.3 is 14.6 Å². The van der Waals surface area contributed by atoms with Gasteiger partial charge in [0.2, 0.25) is 11.7 Å². The Morgan fingerprint density at radius 1 is 1.30 bits per heavy atom. The molecule has 1 unspecified atom stereocenters. The van der Waals surface area contributed by atoms with Crippen LogP contribution in [0.3, 0.4) is 0 Å². The SMILES string of the molecule is CCc1nc(COc2ccc(CC(C)NC)cc2)no1. The minimum absolute atomic E-state index is 0.329. The Morgan fingerprint density at radius 2 is 2.05 bits per heavy atom. The van der Waals surface area contributed by atoms with E-state index >= 15 is 0 Å². The third-order valence-electron chi connectivity index (χ3n) is 3.14. The first kappa shape index (κ1) is 14.5. The summed E-state index contributed by atoms with van der Waals surface area (Å²) in [6, 6.07) is 8.57. The second-order valence-electron chi connectivity index (χ2n) is 4.78. The average Bonchev–Trinajstić information content (AvgIpc) is 2.94. The largest absolute Gasteiger partial charge is 0.485 e. The number of benzene rings is 1. The van der Waals surface area contributed by atoms with Crippen molar-refractivity contribution in [1.82, 2.24) is 15.5 Å². The van der Waals surface area contributed by atoms with Crippen molar-refractivity contribution in [3.63, 3.8) is 0 Å². The van der Waals surface area contributed by atoms with E-state index in [9.17, 15) is 0 Å². The van der Waals surface area contributed by atoms with Crippen molar-refractivity contribution in [3.8, 4) is 5.75 Å². The van der Waals surface area contributed by atoms with Gasteiger partial charge in [0.1, 0.15) is 5.75 Å². The molecule has 5 nitrogen and oxygen atoms in total. The fraction of sp³-hybridized carbons (Fsp3) is 0.467. The molecule has 108 valence electrons. The Bertz CT molecular complexity index is 522. The Balaban J connectivity index is 1.87. The molecule has 0 aliphatic carbocycles. The van der Waals surface area contributed by atoms with Crippen molar-refractivity contribution >= 4 is 0 Å². The molecule has 0 radical (unpaired) electrons. The fourth-order valence-electron chi connectivity index (χ4n) is 1.82. The molecule has 0 amide bonds. The first-order chi connectivity index (χ1) is 9.71. The van der Waals surface area contributed by atoms with E-state index in [0.29, 0.717) is 24.4 Å². The highest BCUT2D eigenvalue weighted by atomic mass is 16.5. The van der Waals surface area contributed by atoms with Crippen LogP contribution in [0.15, 0.2) is 28.8 Å². The van der Waals surface area contributed by atoms with Gasteiger partial charge in [-0.1, -0.05) is 24.2 Å². The van der Waals surface area contributed by atoms with Crippen molar-refractivity contribution in [2.24, 2.45) is 0 Å². The maximum atomic E-state index is 5.64. The van der Waals surface area contributed by atoms with E-state index in [1.807, 2.05) is 26.1 Å². The summed E-state index contributed by atoms with van der Waals surface area (Å²) in [5.74, 6) is 2.03. The molecule has 0 aliphatic heterocycles. The first-order valence-corrected chi connectivity index (χ1v) is 6.91. The van der Waals surface area contributed by atoms with Gasteiger partial charge in [0.15, 0.2) is 6.61 Å². The predicted octanol–water partition coefficient (Wildman–Crippen LogP) is 2.36. The van der Waals surface area contributed by atoms with Gasteiger partial charge in [0, 0.05) is 12.5 Å². The Morgan fingerprint density at radius 3 is 2.65 bits per heavy atom. The van der Waals surface area contributed by atoms with Gasteiger partial charge in [-0.2, -0.15) is 4.98 Å². The summed E-state index contributed by atoms with van der Waals surface area (Å²) >= 11 is 0. The minimum atomic E-state index is 0.329. The van der Waals surface area contributed by atoms with Crippen molar-refractivity contribution in [1.29, 1.82) is 0 Å². The average molecular weight is 275 g/mol. The number of ether oxygens (including phenoxy) is 1. The number of nitrogens with zero attached hydrogens (tertiary/aromatic N) is 2. The molecular weight excluding hydrogens is 254 g/mol. The van der Waals surface area contributed by atoms with Gasteiger partial charge in [0.05, 0.1) is 0 Å². The minimum Gasteiger partial charge on any atom is -0.485 e. The van der Waals surface area contributed by atoms with Gasteiger partial charge in [-0.05, 0) is 38.1 Å². The third-order valence-corrected chi connectivity index (χ3v) is 3.14. The lowest BCUT2D eigenvalue weighted by Gasteiger charge is -2.10. The van der Waals surface area contributed by atoms with Gasteiger partial charge in [-0.25, -0.2) is 0 Å². The van der Waals surface area contributed by atoms with Gasteiger partial charge >= 0.3 is 0 Å². The van der Waals surface area contributed by atoms with Crippen LogP contribution in [-0.2, 0) is 19.4 Å². The number of aromatic nitrogens is 2. The zero-order chi connectivity index (χ0) is 14.4. The molecule has 1 N–H and O–H groups in total. The molecule has 1 aromatic carbocycles. The van der Waals surface area contributed by atoms with E-state index in [4.69, 9.17) is 9.26 Å². The van der Waals surface area contributed by atoms with Crippen molar-refractivity contribution in [2.45, 2.75) is 39.3 Å². The predicted molar refractivity (Wildman–Crippen MR) is 76.7 cm³/mol. The highest BCUT2D eigenvalue weighted by molar-refractivity contribution is 5.27. The quantitative estimate of drug-likeness (QED) is 0.840. The van der Waals surface area contributed by atoms with E-state index in [0.717, 1.165) is 18.6 Å². The molecule has 0 saturated carbocycles. The van der Waals surface area contributed by atoms with Crippen molar-refractivity contribution < 1.29 is 9.26 Å². The number of rotatable bonds is 7. The molecule has 2 rings (SSSR count). The molecular formula is C15H21N3O2. The molecule has 2 aromatic rings. The van der Waals surface area contributed by atoms with Crippen molar-refractivity contribution in [3.05, 3.63) is 41.5 Å². The normalized spacial score (nSPS) is 12.3. The van der Waals surface area contributed by atoms with E-state index in [-0.39, 0.29) is 0 Å². The Hall–Kier alpha value is -1.88. The molecule has 0 spiro atoms. The van der Waals surface area contributed by atoms with E-state index in [1.165, 1.54) is 5.56 Å². The highest BCUT2D eigenvalue weighted by Crippen LogP contribution is 2.14. The number of likely N-dealkylation sites (N-methyl/N-ethyl adjacent to an activating group) is 1. The lowest BCUT2D eigenvalue weighted by Crippen LogP contribution is -2.23. The second kappa shape index (κ2) is 7.05. The molecule has 0 saturated heterocycles. The lowest BCUT2D eigenvalue weighted by atomic mass is 10.1. The Labute approximate surface area is 119 Å². The molecule has 5 heteroatoms. The van der Waals surface area contributed by atoms with Gasteiger partial charge in [-0.15, -0.1) is 0 Å². The van der Waals surface area contributed by atoms with Crippen LogP contribution in [-0.4, -0.2) is 23.2 Å². The van der Waals surface area contributed by atoms with Crippen LogP contribution in [0.25, 0.3) is 0 Å². The summed E-state index contributed by atoms with van der Waals surface area (Å²) in [7, 11) is 1.97. The molecule has 0 aliphatic rings. The zero-order valence-electron chi connectivity index (χ0n) is 12.2. The standard InChI is InChI=1S/C15H21N3O2/c1-4-15-17-14(18-20-15)10-19-13-7-5-12(6-8-13)9-11(2)16-3/h5-8,11,16H,4,9-10H2,1-3H3. The summed E-state index contributed by atoms with van der Waals surface area (Å²) in [5, 5.41) is 7.08. The molecule has 1 heterocycles. The maximum absolute atomic E-state index is 5.64. The van der Waals surface area contributed by atoms with Crippen LogP contribution in [0, 0.1) is 0 Å². The molecule has 1 aromatic heterocycles. The monoisotopic (exact) mass is 275 g/mol. The summed E-state index contributed by atoms with van der Waals surface area (Å²) in [5.41, 5.74) is 1.28. The molecule has 20 heavy (non-hydrogen) atoms. The summed E-state index contributed by atoms with van der Waals surface area (Å²) < 4.78 is 10.7. The van der Waals surface area contributed by atoms with Crippen LogP contribution >= 0.6 is 0 Å². The summed E-state index contributed by atoms with van der Waals surface area (Å²) in [6.07, 6.45) is 1.74. The topological polar surface area (TPSA) is 60.2 Å². The van der Waals surface area contributed by atoms with Crippen LogP contribution in [0.5, 0.6) is 5.75 Å². The second-order valence-corrected chi connectivity index (χ2v) is 4.78. The van der Waals surface area contributed by atoms with Crippen molar-refractivity contribution in [2.75, 3.05) is 7.05 Å². The maximum Gasteiger partial charge on any atom is 0.226 e. The molecule has 1 atom stereocenters. The molecule has 0 bridgehead atoms. The number of nitrogens with one attached hydrogen (secondary N) is 1. The lowest BCUT2D eigenvalue weighted by molar-refractivity contribution is 0.285. The zero-order valence-corrected chi connectivity index (χ0v) is 12.2. The number of aryl methyl sites for hydroxylation is 1. The van der Waals surface area contributed by atoms with Crippen LogP contribution in [0.1, 0.15) is 31.1 Å². The molecule has 0 fully saturated rings. The third kappa shape index (κ3) is 4.06. The number of hydrogen-bond donors (Lipinski definition) is 1. The van der Waals surface area contributed by atoms with E-state index in [2.05, 4.69) is 34.5 Å². The van der Waals surface area contributed by atoms with Crippen LogP contribution in [0.2, 0.25) is 0 Å². The summed E-state index contributed by atoms with van der Waals surface area (Å²) in [4.78, 5) is 4.20. The van der Waals surface area contributed by atoms with Gasteiger partial charge in [-0.3, -0.25) is 0 Å². The van der Waals surface area contributed by atoms with Crippen LogP contribution in [0.4, 0.5) is 0 Å².